The Bertz CT molecular complexity index is 778. The largest absolute Gasteiger partial charge is 0.493 e. The number of hydrogen-bond donors (Lipinski definition) is 2. The Balaban J connectivity index is 1.29. The van der Waals surface area contributed by atoms with Crippen LogP contribution >= 0.6 is 0 Å². The fraction of sp³-hybridized carbons (Fsp3) is 0.316. The molecule has 2 amide bonds. The zero-order valence-electron chi connectivity index (χ0n) is 13.8. The second-order valence-electron chi connectivity index (χ2n) is 6.07. The molecule has 0 aromatic heterocycles. The fourth-order valence-corrected chi connectivity index (χ4v) is 3.12. The lowest BCUT2D eigenvalue weighted by atomic mass is 10.0. The average Bonchev–Trinajstić information content (AvgIpc) is 3.10. The maximum Gasteiger partial charge on any atom is 0.315 e. The molecule has 25 heavy (non-hydrogen) atoms. The molecule has 0 radical (unpaired) electrons. The highest BCUT2D eigenvalue weighted by molar-refractivity contribution is 5.74. The minimum Gasteiger partial charge on any atom is -0.493 e. The molecule has 1 atom stereocenters. The summed E-state index contributed by atoms with van der Waals surface area (Å²) in [5.41, 5.74) is 2.13. The van der Waals surface area contributed by atoms with Gasteiger partial charge in [-0.3, -0.25) is 0 Å². The lowest BCUT2D eigenvalue weighted by Crippen LogP contribution is -2.40. The van der Waals surface area contributed by atoms with E-state index in [1.807, 2.05) is 42.5 Å². The molecule has 6 nitrogen and oxygen atoms in total. The Morgan fingerprint density at radius 3 is 2.88 bits per heavy atom. The molecule has 2 heterocycles. The van der Waals surface area contributed by atoms with Crippen LogP contribution in [0.5, 0.6) is 17.2 Å². The highest BCUT2D eigenvalue weighted by atomic mass is 16.7. The van der Waals surface area contributed by atoms with Crippen LogP contribution in [0, 0.1) is 0 Å². The van der Waals surface area contributed by atoms with Crippen LogP contribution in [-0.2, 0) is 6.42 Å². The summed E-state index contributed by atoms with van der Waals surface area (Å²) in [5, 5.41) is 5.94. The van der Waals surface area contributed by atoms with Gasteiger partial charge >= 0.3 is 6.03 Å². The molecule has 2 aliphatic heterocycles. The molecule has 2 aromatic rings. The highest BCUT2D eigenvalue weighted by Gasteiger charge is 2.22. The molecule has 2 aliphatic rings. The van der Waals surface area contributed by atoms with Crippen LogP contribution in [0.2, 0.25) is 0 Å². The second kappa shape index (κ2) is 6.93. The minimum absolute atomic E-state index is 0.0181. The number of benzene rings is 2. The SMILES string of the molecule is O=C(NCCc1ccc2c(c1)OCO2)N[C@H]1CCOc2ccccc21. The van der Waals surface area contributed by atoms with E-state index in [-0.39, 0.29) is 18.9 Å². The van der Waals surface area contributed by atoms with Crippen molar-refractivity contribution in [1.82, 2.24) is 10.6 Å². The van der Waals surface area contributed by atoms with Gasteiger partial charge < -0.3 is 24.8 Å². The van der Waals surface area contributed by atoms with Crippen molar-refractivity contribution < 1.29 is 19.0 Å². The van der Waals surface area contributed by atoms with Crippen molar-refractivity contribution in [3.8, 4) is 17.2 Å². The maximum absolute atomic E-state index is 12.2. The molecule has 0 aliphatic carbocycles. The van der Waals surface area contributed by atoms with Gasteiger partial charge in [-0.25, -0.2) is 4.79 Å². The summed E-state index contributed by atoms with van der Waals surface area (Å²) in [5.74, 6) is 2.38. The lowest BCUT2D eigenvalue weighted by Gasteiger charge is -2.26. The molecule has 0 fully saturated rings. The topological polar surface area (TPSA) is 68.8 Å². The predicted molar refractivity (Wildman–Crippen MR) is 92.1 cm³/mol. The van der Waals surface area contributed by atoms with E-state index >= 15 is 0 Å². The van der Waals surface area contributed by atoms with E-state index in [0.717, 1.165) is 41.2 Å². The van der Waals surface area contributed by atoms with E-state index in [1.165, 1.54) is 0 Å². The van der Waals surface area contributed by atoms with Crippen molar-refractivity contribution in [3.05, 3.63) is 53.6 Å². The summed E-state index contributed by atoms with van der Waals surface area (Å²) in [6.07, 6.45) is 1.50. The van der Waals surface area contributed by atoms with Gasteiger partial charge in [0.15, 0.2) is 11.5 Å². The number of urea groups is 1. The van der Waals surface area contributed by atoms with Gasteiger partial charge in [0.05, 0.1) is 12.6 Å². The first-order valence-electron chi connectivity index (χ1n) is 8.44. The Kier molecular flexibility index (Phi) is 4.33. The second-order valence-corrected chi connectivity index (χ2v) is 6.07. The molecule has 2 N–H and O–H groups in total. The molecule has 4 rings (SSSR count). The van der Waals surface area contributed by atoms with E-state index < -0.39 is 0 Å². The summed E-state index contributed by atoms with van der Waals surface area (Å²) < 4.78 is 16.3. The number of amides is 2. The summed E-state index contributed by atoms with van der Waals surface area (Å²) in [7, 11) is 0. The number of nitrogens with one attached hydrogen (secondary N) is 2. The van der Waals surface area contributed by atoms with E-state index in [0.29, 0.717) is 13.2 Å². The maximum atomic E-state index is 12.2. The minimum atomic E-state index is -0.164. The van der Waals surface area contributed by atoms with Crippen molar-refractivity contribution in [2.24, 2.45) is 0 Å². The summed E-state index contributed by atoms with van der Waals surface area (Å²) in [6, 6.07) is 13.5. The van der Waals surface area contributed by atoms with Crippen molar-refractivity contribution in [2.75, 3.05) is 19.9 Å². The van der Waals surface area contributed by atoms with Crippen LogP contribution in [0.4, 0.5) is 4.79 Å². The molecule has 0 unspecified atom stereocenters. The standard InChI is InChI=1S/C19H20N2O4/c22-19(21-15-8-10-23-16-4-2-1-3-14(15)16)20-9-7-13-5-6-17-18(11-13)25-12-24-17/h1-6,11,15H,7-10,12H2,(H2,20,21,22)/t15-/m0/s1. The molecule has 0 bridgehead atoms. The number of ether oxygens (including phenoxy) is 3. The van der Waals surface area contributed by atoms with Crippen LogP contribution in [0.25, 0.3) is 0 Å². The molecular weight excluding hydrogens is 320 g/mol. The molecular formula is C19H20N2O4. The lowest BCUT2D eigenvalue weighted by molar-refractivity contribution is 0.174. The normalized spacial score (nSPS) is 17.4. The predicted octanol–water partition coefficient (Wildman–Crippen LogP) is 2.78. The van der Waals surface area contributed by atoms with Crippen molar-refractivity contribution in [3.63, 3.8) is 0 Å². The molecule has 0 saturated heterocycles. The Hall–Kier alpha value is -2.89. The van der Waals surface area contributed by atoms with E-state index in [2.05, 4.69) is 10.6 Å². The van der Waals surface area contributed by atoms with Gasteiger partial charge in [0.2, 0.25) is 6.79 Å². The summed E-state index contributed by atoms with van der Waals surface area (Å²) >= 11 is 0. The zero-order chi connectivity index (χ0) is 17.1. The zero-order valence-corrected chi connectivity index (χ0v) is 13.8. The third-order valence-electron chi connectivity index (χ3n) is 4.40. The van der Waals surface area contributed by atoms with Gasteiger partial charge in [-0.1, -0.05) is 24.3 Å². The van der Waals surface area contributed by atoms with Crippen molar-refractivity contribution in [1.29, 1.82) is 0 Å². The number of carbonyl (C=O) groups is 1. The molecule has 6 heteroatoms. The van der Waals surface area contributed by atoms with Crippen LogP contribution in [0.15, 0.2) is 42.5 Å². The quantitative estimate of drug-likeness (QED) is 0.898. The monoisotopic (exact) mass is 340 g/mol. The summed E-state index contributed by atoms with van der Waals surface area (Å²) in [6.45, 7) is 1.43. The van der Waals surface area contributed by atoms with Crippen LogP contribution in [0.3, 0.4) is 0 Å². The third kappa shape index (κ3) is 3.47. The Morgan fingerprint density at radius 1 is 1.04 bits per heavy atom. The molecule has 0 spiro atoms. The van der Waals surface area contributed by atoms with Gasteiger partial charge in [-0.15, -0.1) is 0 Å². The Morgan fingerprint density at radius 2 is 1.92 bits per heavy atom. The van der Waals surface area contributed by atoms with Gasteiger partial charge in [0.1, 0.15) is 5.75 Å². The van der Waals surface area contributed by atoms with Gasteiger partial charge in [0, 0.05) is 18.5 Å². The fourth-order valence-electron chi connectivity index (χ4n) is 3.12. The molecule has 2 aromatic carbocycles. The molecule has 130 valence electrons. The van der Waals surface area contributed by atoms with Crippen molar-refractivity contribution >= 4 is 6.03 Å². The number of carbonyl (C=O) groups excluding carboxylic acids is 1. The smallest absolute Gasteiger partial charge is 0.315 e. The third-order valence-corrected chi connectivity index (χ3v) is 4.40. The first-order valence-corrected chi connectivity index (χ1v) is 8.44. The van der Waals surface area contributed by atoms with E-state index in [1.54, 1.807) is 0 Å². The van der Waals surface area contributed by atoms with Gasteiger partial charge in [-0.05, 0) is 30.2 Å². The van der Waals surface area contributed by atoms with Crippen LogP contribution < -0.4 is 24.8 Å². The Labute approximate surface area is 146 Å². The number of hydrogen-bond acceptors (Lipinski definition) is 4. The summed E-state index contributed by atoms with van der Waals surface area (Å²) in [4.78, 5) is 12.2. The van der Waals surface area contributed by atoms with Crippen LogP contribution in [-0.4, -0.2) is 26.0 Å². The van der Waals surface area contributed by atoms with Crippen LogP contribution in [0.1, 0.15) is 23.6 Å². The number of fused-ring (bicyclic) bond motifs is 2. The number of rotatable bonds is 4. The number of para-hydroxylation sites is 1. The highest BCUT2D eigenvalue weighted by Crippen LogP contribution is 2.33. The first-order chi connectivity index (χ1) is 12.3. The van der Waals surface area contributed by atoms with Gasteiger partial charge in [0.25, 0.3) is 0 Å². The molecule has 0 saturated carbocycles. The van der Waals surface area contributed by atoms with Gasteiger partial charge in [-0.2, -0.15) is 0 Å². The first kappa shape index (κ1) is 15.6. The average molecular weight is 340 g/mol. The van der Waals surface area contributed by atoms with E-state index in [9.17, 15) is 4.79 Å². The van der Waals surface area contributed by atoms with E-state index in [4.69, 9.17) is 14.2 Å². The van der Waals surface area contributed by atoms with Crippen molar-refractivity contribution in [2.45, 2.75) is 18.9 Å².